The molecule has 0 aliphatic rings. The van der Waals surface area contributed by atoms with Crippen LogP contribution in [0.25, 0.3) is 0 Å². The smallest absolute Gasteiger partial charge is 0.271 e. The highest BCUT2D eigenvalue weighted by Crippen LogP contribution is 2.11. The zero-order valence-electron chi connectivity index (χ0n) is 13.5. The number of benzene rings is 1. The minimum atomic E-state index is -0.321. The van der Waals surface area contributed by atoms with Crippen molar-refractivity contribution in [3.05, 3.63) is 66.5 Å². The number of aromatic nitrogens is 4. The van der Waals surface area contributed by atoms with Gasteiger partial charge in [0.05, 0.1) is 0 Å². The molecule has 0 aliphatic heterocycles. The molecule has 0 fully saturated rings. The molecule has 3 rings (SSSR count). The summed E-state index contributed by atoms with van der Waals surface area (Å²) < 4.78 is 21.6. The van der Waals surface area contributed by atoms with Crippen LogP contribution in [0.5, 0.6) is 5.75 Å². The monoisotopic (exact) mass is 343 g/mol. The molecule has 2 aromatic heterocycles. The van der Waals surface area contributed by atoms with E-state index in [1.54, 1.807) is 18.5 Å². The Morgan fingerprint density at radius 1 is 1.16 bits per heavy atom. The number of hydrogen-bond donors (Lipinski definition) is 1. The summed E-state index contributed by atoms with van der Waals surface area (Å²) in [4.78, 5) is 12.0. The van der Waals surface area contributed by atoms with Gasteiger partial charge in [-0.05, 0) is 42.8 Å². The second kappa shape index (κ2) is 8.09. The molecule has 0 saturated carbocycles. The second-order valence-corrected chi connectivity index (χ2v) is 5.35. The third-order valence-corrected chi connectivity index (χ3v) is 3.46. The van der Waals surface area contributed by atoms with E-state index in [1.165, 1.54) is 28.9 Å². The Hall–Kier alpha value is -3.16. The van der Waals surface area contributed by atoms with Crippen LogP contribution in [0.3, 0.4) is 0 Å². The molecular weight excluding hydrogens is 325 g/mol. The van der Waals surface area contributed by atoms with Gasteiger partial charge in [0.15, 0.2) is 6.73 Å². The Morgan fingerprint density at radius 3 is 2.76 bits per heavy atom. The summed E-state index contributed by atoms with van der Waals surface area (Å²) in [6, 6.07) is 9.19. The van der Waals surface area contributed by atoms with Gasteiger partial charge in [-0.3, -0.25) is 9.48 Å². The van der Waals surface area contributed by atoms with Crippen molar-refractivity contribution in [3.8, 4) is 5.75 Å². The summed E-state index contributed by atoms with van der Waals surface area (Å²) in [5, 5.41) is 11.1. The van der Waals surface area contributed by atoms with Gasteiger partial charge < -0.3 is 10.1 Å². The molecule has 0 bridgehead atoms. The fraction of sp³-hybridized carbons (Fsp3) is 0.235. The lowest BCUT2D eigenvalue weighted by Crippen LogP contribution is -2.26. The number of halogens is 1. The fourth-order valence-corrected chi connectivity index (χ4v) is 2.19. The van der Waals surface area contributed by atoms with Crippen LogP contribution < -0.4 is 10.1 Å². The van der Waals surface area contributed by atoms with E-state index in [2.05, 4.69) is 15.5 Å². The van der Waals surface area contributed by atoms with Crippen LogP contribution in [0, 0.1) is 5.82 Å². The molecule has 8 heteroatoms. The molecule has 3 aromatic rings. The normalized spacial score (nSPS) is 10.6. The predicted octanol–water partition coefficient (Wildman–Crippen LogP) is 2.08. The number of carbonyl (C=O) groups excluding carboxylic acids is 1. The van der Waals surface area contributed by atoms with E-state index in [0.29, 0.717) is 18.0 Å². The zero-order chi connectivity index (χ0) is 17.5. The maximum absolute atomic E-state index is 12.8. The summed E-state index contributed by atoms with van der Waals surface area (Å²) in [7, 11) is 0. The van der Waals surface area contributed by atoms with E-state index >= 15 is 0 Å². The van der Waals surface area contributed by atoms with Gasteiger partial charge in [-0.1, -0.05) is 0 Å². The molecule has 0 saturated heterocycles. The van der Waals surface area contributed by atoms with E-state index in [-0.39, 0.29) is 18.5 Å². The first kappa shape index (κ1) is 16.7. The van der Waals surface area contributed by atoms with Crippen molar-refractivity contribution in [2.45, 2.75) is 19.7 Å². The minimum absolute atomic E-state index is 0.137. The van der Waals surface area contributed by atoms with Gasteiger partial charge in [0.2, 0.25) is 0 Å². The first-order valence-electron chi connectivity index (χ1n) is 7.88. The summed E-state index contributed by atoms with van der Waals surface area (Å²) in [6.45, 7) is 1.42. The predicted molar refractivity (Wildman–Crippen MR) is 88.4 cm³/mol. The fourth-order valence-electron chi connectivity index (χ4n) is 2.19. The Balaban J connectivity index is 1.42. The van der Waals surface area contributed by atoms with Gasteiger partial charge >= 0.3 is 0 Å². The number of nitrogens with zero attached hydrogens (tertiary/aromatic N) is 4. The van der Waals surface area contributed by atoms with Gasteiger partial charge in [0, 0.05) is 31.7 Å². The molecule has 0 radical (unpaired) electrons. The van der Waals surface area contributed by atoms with Gasteiger partial charge in [0.25, 0.3) is 5.91 Å². The molecule has 0 spiro atoms. The summed E-state index contributed by atoms with van der Waals surface area (Å²) >= 11 is 0. The number of nitrogens with one attached hydrogen (secondary N) is 1. The average molecular weight is 343 g/mol. The van der Waals surface area contributed by atoms with E-state index in [0.717, 1.165) is 13.0 Å². The summed E-state index contributed by atoms with van der Waals surface area (Å²) in [5.74, 6) is -0.0273. The highest BCUT2D eigenvalue weighted by atomic mass is 19.1. The third kappa shape index (κ3) is 4.90. The van der Waals surface area contributed by atoms with Crippen molar-refractivity contribution in [2.75, 3.05) is 6.54 Å². The lowest BCUT2D eigenvalue weighted by molar-refractivity contribution is 0.0945. The second-order valence-electron chi connectivity index (χ2n) is 5.35. The van der Waals surface area contributed by atoms with Crippen LogP contribution in [0.2, 0.25) is 0 Å². The lowest BCUT2D eigenvalue weighted by atomic mass is 10.3. The number of aryl methyl sites for hydroxylation is 1. The molecule has 25 heavy (non-hydrogen) atoms. The topological polar surface area (TPSA) is 74.0 Å². The van der Waals surface area contributed by atoms with Crippen LogP contribution in [0.4, 0.5) is 4.39 Å². The molecule has 130 valence electrons. The van der Waals surface area contributed by atoms with Gasteiger partial charge in [0.1, 0.15) is 17.3 Å². The quantitative estimate of drug-likeness (QED) is 0.636. The van der Waals surface area contributed by atoms with Crippen molar-refractivity contribution in [1.82, 2.24) is 24.9 Å². The maximum atomic E-state index is 12.8. The zero-order valence-corrected chi connectivity index (χ0v) is 13.5. The molecule has 1 amide bonds. The van der Waals surface area contributed by atoms with Crippen LogP contribution in [0.1, 0.15) is 16.9 Å². The molecule has 2 heterocycles. The van der Waals surface area contributed by atoms with Gasteiger partial charge in [-0.15, -0.1) is 0 Å². The van der Waals surface area contributed by atoms with Crippen LogP contribution in [0.15, 0.2) is 55.0 Å². The van der Waals surface area contributed by atoms with Crippen molar-refractivity contribution >= 4 is 5.91 Å². The van der Waals surface area contributed by atoms with E-state index in [9.17, 15) is 9.18 Å². The molecule has 7 nitrogen and oxygen atoms in total. The first-order valence-corrected chi connectivity index (χ1v) is 7.88. The Bertz CT molecular complexity index is 799. The molecule has 1 N–H and O–H groups in total. The lowest BCUT2D eigenvalue weighted by Gasteiger charge is -2.06. The number of carbonyl (C=O) groups is 1. The molecule has 0 unspecified atom stereocenters. The number of amides is 1. The SMILES string of the molecule is O=C(NCCCn1cccn1)c1ccn(COc2ccc(F)cc2)n1. The van der Waals surface area contributed by atoms with Crippen molar-refractivity contribution < 1.29 is 13.9 Å². The Labute approximate surface area is 144 Å². The number of ether oxygens (including phenoxy) is 1. The Kier molecular flexibility index (Phi) is 5.40. The standard InChI is InChI=1S/C17H18FN5O2/c18-14-3-5-15(6-4-14)25-13-23-12-7-16(21-23)17(24)19-8-1-10-22-11-2-9-20-22/h2-7,9,11-12H,1,8,10,13H2,(H,19,24). The summed E-state index contributed by atoms with van der Waals surface area (Å²) in [6.07, 6.45) is 6.04. The van der Waals surface area contributed by atoms with E-state index < -0.39 is 0 Å². The van der Waals surface area contributed by atoms with Crippen LogP contribution >= 0.6 is 0 Å². The van der Waals surface area contributed by atoms with Crippen molar-refractivity contribution in [2.24, 2.45) is 0 Å². The highest BCUT2D eigenvalue weighted by molar-refractivity contribution is 5.92. The minimum Gasteiger partial charge on any atom is -0.471 e. The summed E-state index contributed by atoms with van der Waals surface area (Å²) in [5.41, 5.74) is 0.321. The molecular formula is C17H18FN5O2. The van der Waals surface area contributed by atoms with E-state index in [4.69, 9.17) is 4.74 Å². The Morgan fingerprint density at radius 2 is 2.00 bits per heavy atom. The number of hydrogen-bond acceptors (Lipinski definition) is 4. The van der Waals surface area contributed by atoms with Gasteiger partial charge in [-0.2, -0.15) is 10.2 Å². The van der Waals surface area contributed by atoms with Crippen molar-refractivity contribution in [3.63, 3.8) is 0 Å². The average Bonchev–Trinajstić information content (AvgIpc) is 3.30. The molecule has 0 aliphatic carbocycles. The van der Waals surface area contributed by atoms with E-state index in [1.807, 2.05) is 16.9 Å². The number of rotatable bonds is 8. The van der Waals surface area contributed by atoms with Gasteiger partial charge in [-0.25, -0.2) is 9.07 Å². The highest BCUT2D eigenvalue weighted by Gasteiger charge is 2.09. The third-order valence-electron chi connectivity index (χ3n) is 3.46. The van der Waals surface area contributed by atoms with Crippen LogP contribution in [-0.2, 0) is 13.3 Å². The maximum Gasteiger partial charge on any atom is 0.271 e. The largest absolute Gasteiger partial charge is 0.471 e. The molecule has 1 aromatic carbocycles. The first-order chi connectivity index (χ1) is 12.2. The van der Waals surface area contributed by atoms with Crippen molar-refractivity contribution in [1.29, 1.82) is 0 Å². The molecule has 0 atom stereocenters. The van der Waals surface area contributed by atoms with Crippen LogP contribution in [-0.4, -0.2) is 32.0 Å².